The van der Waals surface area contributed by atoms with Crippen LogP contribution in [0.4, 0.5) is 14.5 Å². The second kappa shape index (κ2) is 7.39. The largest absolute Gasteiger partial charge is 0.350 e. The fraction of sp³-hybridized carbons (Fsp3) is 0.188. The molecule has 0 bridgehead atoms. The van der Waals surface area contributed by atoms with E-state index in [1.54, 1.807) is 0 Å². The van der Waals surface area contributed by atoms with Crippen molar-refractivity contribution in [2.75, 3.05) is 23.7 Å². The Kier molecular flexibility index (Phi) is 5.50. The molecule has 5 nitrogen and oxygen atoms in total. The summed E-state index contributed by atoms with van der Waals surface area (Å²) < 4.78 is 51.3. The number of benzene rings is 2. The molecular formula is C16H16F2N2O3S. The Morgan fingerprint density at radius 1 is 1.08 bits per heavy atom. The number of halogens is 2. The van der Waals surface area contributed by atoms with Gasteiger partial charge in [-0.1, -0.05) is 12.1 Å². The van der Waals surface area contributed by atoms with Gasteiger partial charge in [-0.15, -0.1) is 0 Å². The van der Waals surface area contributed by atoms with Crippen LogP contribution in [0, 0.1) is 11.6 Å². The maximum atomic E-state index is 13.8. The van der Waals surface area contributed by atoms with Gasteiger partial charge in [-0.25, -0.2) is 17.2 Å². The van der Waals surface area contributed by atoms with E-state index in [4.69, 9.17) is 0 Å². The molecule has 0 heterocycles. The Morgan fingerprint density at radius 3 is 2.29 bits per heavy atom. The number of carbonyl (C=O) groups is 1. The van der Waals surface area contributed by atoms with Crippen molar-refractivity contribution in [3.63, 3.8) is 0 Å². The average Bonchev–Trinajstić information content (AvgIpc) is 2.52. The smallest absolute Gasteiger partial charge is 0.251 e. The van der Waals surface area contributed by atoms with Gasteiger partial charge in [0.25, 0.3) is 5.91 Å². The van der Waals surface area contributed by atoms with Crippen molar-refractivity contribution >= 4 is 21.6 Å². The molecule has 24 heavy (non-hydrogen) atoms. The number of hydrogen-bond donors (Lipinski definition) is 1. The van der Waals surface area contributed by atoms with Crippen molar-refractivity contribution < 1.29 is 22.0 Å². The molecule has 0 aliphatic carbocycles. The first-order valence-corrected chi connectivity index (χ1v) is 8.90. The van der Waals surface area contributed by atoms with Crippen molar-refractivity contribution in [2.24, 2.45) is 0 Å². The number of rotatable bonds is 6. The molecule has 0 aromatic heterocycles. The molecule has 8 heteroatoms. The zero-order chi connectivity index (χ0) is 17.7. The minimum absolute atomic E-state index is 0.0301. The lowest BCUT2D eigenvalue weighted by atomic mass is 10.2. The van der Waals surface area contributed by atoms with Crippen LogP contribution >= 0.6 is 0 Å². The molecule has 2 aromatic rings. The molecule has 0 atom stereocenters. The number of amides is 1. The topological polar surface area (TPSA) is 66.5 Å². The van der Waals surface area contributed by atoms with Gasteiger partial charge in [-0.2, -0.15) is 0 Å². The van der Waals surface area contributed by atoms with Crippen molar-refractivity contribution in [3.8, 4) is 0 Å². The minimum Gasteiger partial charge on any atom is -0.350 e. The quantitative estimate of drug-likeness (QED) is 0.864. The molecule has 2 rings (SSSR count). The van der Waals surface area contributed by atoms with Crippen molar-refractivity contribution in [3.05, 3.63) is 65.7 Å². The maximum Gasteiger partial charge on any atom is 0.251 e. The van der Waals surface area contributed by atoms with Gasteiger partial charge in [0.05, 0.1) is 18.5 Å². The molecule has 128 valence electrons. The van der Waals surface area contributed by atoms with Crippen LogP contribution in [0.5, 0.6) is 0 Å². The highest BCUT2D eigenvalue weighted by Gasteiger charge is 2.20. The van der Waals surface area contributed by atoms with Crippen molar-refractivity contribution in [2.45, 2.75) is 0 Å². The Hall–Kier alpha value is -2.48. The predicted octanol–water partition coefficient (Wildman–Crippen LogP) is 2.16. The van der Waals surface area contributed by atoms with Gasteiger partial charge in [0.15, 0.2) is 0 Å². The second-order valence-corrected chi connectivity index (χ2v) is 6.96. The molecule has 0 aliphatic heterocycles. The summed E-state index contributed by atoms with van der Waals surface area (Å²) in [5, 5.41) is 2.52. The fourth-order valence-electron chi connectivity index (χ4n) is 2.09. The van der Waals surface area contributed by atoms with E-state index in [2.05, 4.69) is 5.32 Å². The van der Waals surface area contributed by atoms with E-state index in [1.807, 2.05) is 0 Å². The zero-order valence-corrected chi connectivity index (χ0v) is 13.7. The number of nitrogens with one attached hydrogen (secondary N) is 1. The third-order valence-corrected chi connectivity index (χ3v) is 4.41. The normalized spacial score (nSPS) is 11.1. The lowest BCUT2D eigenvalue weighted by Gasteiger charge is -2.23. The van der Waals surface area contributed by atoms with Crippen molar-refractivity contribution in [1.29, 1.82) is 0 Å². The number of anilines is 1. The summed E-state index contributed by atoms with van der Waals surface area (Å²) in [6.45, 7) is -0.162. The van der Waals surface area contributed by atoms with Crippen LogP contribution in [0.2, 0.25) is 0 Å². The molecule has 0 aliphatic rings. The molecule has 2 aromatic carbocycles. The zero-order valence-electron chi connectivity index (χ0n) is 12.9. The molecule has 0 saturated carbocycles. The summed E-state index contributed by atoms with van der Waals surface area (Å²) in [6, 6.07) is 10.4. The monoisotopic (exact) mass is 354 g/mol. The highest BCUT2D eigenvalue weighted by Crippen LogP contribution is 2.20. The van der Waals surface area contributed by atoms with E-state index in [9.17, 15) is 22.0 Å². The third kappa shape index (κ3) is 4.51. The van der Waals surface area contributed by atoms with Gasteiger partial charge >= 0.3 is 0 Å². The van der Waals surface area contributed by atoms with E-state index in [0.717, 1.165) is 28.8 Å². The lowest BCUT2D eigenvalue weighted by Crippen LogP contribution is -2.38. The highest BCUT2D eigenvalue weighted by atomic mass is 32.2. The third-order valence-electron chi connectivity index (χ3n) is 3.23. The molecule has 0 saturated heterocycles. The molecular weight excluding hydrogens is 338 g/mol. The Bertz CT molecular complexity index is 823. The summed E-state index contributed by atoms with van der Waals surface area (Å²) in [6.07, 6.45) is 0.960. The number of hydrogen-bond acceptors (Lipinski definition) is 3. The van der Waals surface area contributed by atoms with Crippen LogP contribution in [0.15, 0.2) is 48.5 Å². The van der Waals surface area contributed by atoms with E-state index >= 15 is 0 Å². The van der Waals surface area contributed by atoms with Crippen LogP contribution in [0.25, 0.3) is 0 Å². The number of carbonyl (C=O) groups excluding carboxylic acids is 1. The summed E-state index contributed by atoms with van der Waals surface area (Å²) in [5.74, 6) is -1.61. The molecule has 0 radical (unpaired) electrons. The molecule has 0 fully saturated rings. The summed E-state index contributed by atoms with van der Waals surface area (Å²) >= 11 is 0. The van der Waals surface area contributed by atoms with Gasteiger partial charge in [0, 0.05) is 12.1 Å². The highest BCUT2D eigenvalue weighted by molar-refractivity contribution is 7.92. The van der Waals surface area contributed by atoms with Gasteiger partial charge in [-0.3, -0.25) is 9.10 Å². The molecule has 1 N–H and O–H groups in total. The van der Waals surface area contributed by atoms with Gasteiger partial charge in [0.2, 0.25) is 10.0 Å². The molecule has 0 unspecified atom stereocenters. The maximum absolute atomic E-state index is 13.8. The first-order chi connectivity index (χ1) is 11.3. The van der Waals surface area contributed by atoms with E-state index < -0.39 is 27.6 Å². The Morgan fingerprint density at radius 2 is 1.71 bits per heavy atom. The average molecular weight is 354 g/mol. The number of nitrogens with zero attached hydrogens (tertiary/aromatic N) is 1. The van der Waals surface area contributed by atoms with E-state index in [0.29, 0.717) is 0 Å². The Balaban J connectivity index is 2.05. The second-order valence-electron chi connectivity index (χ2n) is 5.05. The first kappa shape index (κ1) is 17.9. The molecule has 0 spiro atoms. The summed E-state index contributed by atoms with van der Waals surface area (Å²) in [7, 11) is -3.72. The van der Waals surface area contributed by atoms with Gasteiger partial charge in [-0.05, 0) is 36.4 Å². The Labute approximate surface area is 139 Å². The molecule has 1 amide bonds. The van der Waals surface area contributed by atoms with Crippen LogP contribution in [0.3, 0.4) is 0 Å². The van der Waals surface area contributed by atoms with Crippen LogP contribution < -0.4 is 9.62 Å². The first-order valence-electron chi connectivity index (χ1n) is 7.05. The van der Waals surface area contributed by atoms with Crippen molar-refractivity contribution in [1.82, 2.24) is 5.32 Å². The minimum atomic E-state index is -3.72. The van der Waals surface area contributed by atoms with E-state index in [1.165, 1.54) is 30.3 Å². The SMILES string of the molecule is CS(=O)(=O)N(CCNC(=O)c1ccc(F)cc1)c1ccccc1F. The standard InChI is InChI=1S/C16H16F2N2O3S/c1-24(22,23)20(15-5-3-2-4-14(15)18)11-10-19-16(21)12-6-8-13(17)9-7-12/h2-9H,10-11H2,1H3,(H,19,21). The lowest BCUT2D eigenvalue weighted by molar-refractivity contribution is 0.0955. The van der Waals surface area contributed by atoms with Crippen LogP contribution in [0.1, 0.15) is 10.4 Å². The predicted molar refractivity (Wildman–Crippen MR) is 87.3 cm³/mol. The van der Waals surface area contributed by atoms with Gasteiger partial charge < -0.3 is 5.32 Å². The number of para-hydroxylation sites is 1. The van der Waals surface area contributed by atoms with Crippen LogP contribution in [-0.2, 0) is 10.0 Å². The van der Waals surface area contributed by atoms with E-state index in [-0.39, 0.29) is 24.3 Å². The van der Waals surface area contributed by atoms with Crippen LogP contribution in [-0.4, -0.2) is 33.7 Å². The van der Waals surface area contributed by atoms with Gasteiger partial charge in [0.1, 0.15) is 11.6 Å². The number of sulfonamides is 1. The summed E-state index contributed by atoms with van der Waals surface area (Å²) in [5.41, 5.74) is 0.157. The summed E-state index contributed by atoms with van der Waals surface area (Å²) in [4.78, 5) is 11.9. The fourth-order valence-corrected chi connectivity index (χ4v) is 3.02.